The first-order valence-corrected chi connectivity index (χ1v) is 6.61. The van der Waals surface area contributed by atoms with Gasteiger partial charge < -0.3 is 4.74 Å². The van der Waals surface area contributed by atoms with E-state index in [4.69, 9.17) is 10.6 Å². The van der Waals surface area contributed by atoms with Gasteiger partial charge in [-0.15, -0.1) is 0 Å². The summed E-state index contributed by atoms with van der Waals surface area (Å²) >= 11 is 0. The molecule has 1 fully saturated rings. The molecule has 0 saturated carbocycles. The van der Waals surface area contributed by atoms with Crippen LogP contribution in [-0.2, 0) is 10.9 Å². The van der Waals surface area contributed by atoms with E-state index >= 15 is 0 Å². The van der Waals surface area contributed by atoms with Crippen LogP contribution >= 0.6 is 0 Å². The lowest BCUT2D eigenvalue weighted by atomic mass is 9.97. The van der Waals surface area contributed by atoms with Crippen LogP contribution in [0.15, 0.2) is 18.5 Å². The van der Waals surface area contributed by atoms with Crippen molar-refractivity contribution < 1.29 is 17.9 Å². The number of pyridine rings is 1. The molecule has 1 aromatic heterocycles. The van der Waals surface area contributed by atoms with Crippen LogP contribution in [0, 0.1) is 0 Å². The molecule has 0 aliphatic carbocycles. The monoisotopic (exact) mass is 289 g/mol. The van der Waals surface area contributed by atoms with Gasteiger partial charge in [0.05, 0.1) is 11.7 Å². The largest absolute Gasteiger partial charge is 0.416 e. The number of ether oxygens (including phenoxy) is 1. The van der Waals surface area contributed by atoms with Gasteiger partial charge in [0.15, 0.2) is 0 Å². The second-order valence-corrected chi connectivity index (χ2v) is 4.89. The van der Waals surface area contributed by atoms with Gasteiger partial charge in [-0.3, -0.25) is 16.3 Å². The van der Waals surface area contributed by atoms with E-state index in [1.807, 2.05) is 0 Å². The number of hydrazine groups is 1. The molecule has 20 heavy (non-hydrogen) atoms. The van der Waals surface area contributed by atoms with Gasteiger partial charge in [-0.25, -0.2) is 0 Å². The fourth-order valence-electron chi connectivity index (χ4n) is 2.50. The molecule has 2 unspecified atom stereocenters. The number of rotatable bonds is 5. The fourth-order valence-corrected chi connectivity index (χ4v) is 2.50. The van der Waals surface area contributed by atoms with E-state index in [2.05, 4.69) is 10.4 Å². The maximum Gasteiger partial charge on any atom is 0.416 e. The van der Waals surface area contributed by atoms with E-state index in [9.17, 15) is 13.2 Å². The number of alkyl halides is 3. The Balaban J connectivity index is 2.10. The Morgan fingerprint density at radius 1 is 1.50 bits per heavy atom. The van der Waals surface area contributed by atoms with Crippen molar-refractivity contribution >= 4 is 0 Å². The third kappa shape index (κ3) is 3.68. The van der Waals surface area contributed by atoms with E-state index in [0.29, 0.717) is 12.8 Å². The van der Waals surface area contributed by atoms with Crippen molar-refractivity contribution in [3.63, 3.8) is 0 Å². The smallest absolute Gasteiger partial charge is 0.378 e. The summed E-state index contributed by atoms with van der Waals surface area (Å²) in [4.78, 5) is 3.78. The third-order valence-corrected chi connectivity index (χ3v) is 3.54. The standard InChI is InChI=1S/C13H18F3N3O/c14-13(15,16)11-5-6-18-8-10(11)12(19-17)4-3-9-2-1-7-20-9/h5-6,8-9,12,19H,1-4,7,17H2. The zero-order chi connectivity index (χ0) is 14.6. The molecule has 0 aromatic carbocycles. The Morgan fingerprint density at radius 2 is 2.30 bits per heavy atom. The molecule has 0 radical (unpaired) electrons. The highest BCUT2D eigenvalue weighted by Crippen LogP contribution is 2.35. The lowest BCUT2D eigenvalue weighted by Gasteiger charge is -2.21. The van der Waals surface area contributed by atoms with Gasteiger partial charge in [0, 0.05) is 30.6 Å². The minimum absolute atomic E-state index is 0.0838. The van der Waals surface area contributed by atoms with Gasteiger partial charge >= 0.3 is 6.18 Å². The van der Waals surface area contributed by atoms with Gasteiger partial charge in [0.25, 0.3) is 0 Å². The lowest BCUT2D eigenvalue weighted by Crippen LogP contribution is -2.30. The molecule has 2 atom stereocenters. The summed E-state index contributed by atoms with van der Waals surface area (Å²) in [6.07, 6.45) is 1.21. The second-order valence-electron chi connectivity index (χ2n) is 4.89. The summed E-state index contributed by atoms with van der Waals surface area (Å²) in [6, 6.07) is 0.399. The first kappa shape index (κ1) is 15.2. The highest BCUT2D eigenvalue weighted by molar-refractivity contribution is 5.29. The summed E-state index contributed by atoms with van der Waals surface area (Å²) in [5.74, 6) is 5.42. The average molecular weight is 289 g/mol. The van der Waals surface area contributed by atoms with E-state index < -0.39 is 17.8 Å². The average Bonchev–Trinajstić information content (AvgIpc) is 2.92. The van der Waals surface area contributed by atoms with Crippen LogP contribution in [0.25, 0.3) is 0 Å². The van der Waals surface area contributed by atoms with Gasteiger partial charge in [-0.1, -0.05) is 0 Å². The maximum absolute atomic E-state index is 13.0. The van der Waals surface area contributed by atoms with Crippen molar-refractivity contribution in [2.24, 2.45) is 5.84 Å². The Hall–Kier alpha value is -1.18. The van der Waals surface area contributed by atoms with E-state index in [1.165, 1.54) is 6.20 Å². The third-order valence-electron chi connectivity index (χ3n) is 3.54. The highest BCUT2D eigenvalue weighted by Gasteiger charge is 2.35. The fraction of sp³-hybridized carbons (Fsp3) is 0.615. The zero-order valence-corrected chi connectivity index (χ0v) is 11.0. The molecule has 4 nitrogen and oxygen atoms in total. The van der Waals surface area contributed by atoms with Crippen molar-refractivity contribution in [1.82, 2.24) is 10.4 Å². The van der Waals surface area contributed by atoms with Gasteiger partial charge in [0.1, 0.15) is 0 Å². The van der Waals surface area contributed by atoms with Crippen molar-refractivity contribution in [2.45, 2.75) is 44.0 Å². The first-order chi connectivity index (χ1) is 9.52. The van der Waals surface area contributed by atoms with Crippen molar-refractivity contribution in [1.29, 1.82) is 0 Å². The molecule has 0 spiro atoms. The van der Waals surface area contributed by atoms with Crippen LogP contribution in [0.1, 0.15) is 42.9 Å². The SMILES string of the molecule is NNC(CCC1CCCO1)c1cnccc1C(F)(F)F. The van der Waals surface area contributed by atoms with Gasteiger partial charge in [-0.2, -0.15) is 13.2 Å². The van der Waals surface area contributed by atoms with Crippen LogP contribution in [-0.4, -0.2) is 17.7 Å². The first-order valence-electron chi connectivity index (χ1n) is 6.61. The molecule has 3 N–H and O–H groups in total. The molecule has 2 rings (SSSR count). The molecule has 7 heteroatoms. The van der Waals surface area contributed by atoms with Crippen LogP contribution in [0.3, 0.4) is 0 Å². The Labute approximate surface area is 115 Å². The van der Waals surface area contributed by atoms with Crippen LogP contribution < -0.4 is 11.3 Å². The Bertz CT molecular complexity index is 433. The number of aromatic nitrogens is 1. The number of hydrogen-bond acceptors (Lipinski definition) is 4. The lowest BCUT2D eigenvalue weighted by molar-refractivity contribution is -0.138. The summed E-state index contributed by atoms with van der Waals surface area (Å²) in [5, 5.41) is 0. The van der Waals surface area contributed by atoms with Crippen molar-refractivity contribution in [3.05, 3.63) is 29.6 Å². The summed E-state index contributed by atoms with van der Waals surface area (Å²) in [5.41, 5.74) is 1.85. The van der Waals surface area contributed by atoms with Crippen molar-refractivity contribution in [2.75, 3.05) is 6.61 Å². The van der Waals surface area contributed by atoms with Gasteiger partial charge in [0.2, 0.25) is 0 Å². The number of nitrogens with two attached hydrogens (primary N) is 1. The van der Waals surface area contributed by atoms with Gasteiger partial charge in [-0.05, 0) is 31.7 Å². The minimum Gasteiger partial charge on any atom is -0.378 e. The molecular formula is C13H18F3N3O. The van der Waals surface area contributed by atoms with E-state index in [-0.39, 0.29) is 11.7 Å². The topological polar surface area (TPSA) is 60.2 Å². The van der Waals surface area contributed by atoms with Crippen LogP contribution in [0.5, 0.6) is 0 Å². The predicted molar refractivity (Wildman–Crippen MR) is 67.5 cm³/mol. The minimum atomic E-state index is -4.41. The number of hydrogen-bond donors (Lipinski definition) is 2. The van der Waals surface area contributed by atoms with Crippen LogP contribution in [0.2, 0.25) is 0 Å². The normalized spacial score (nSPS) is 21.1. The van der Waals surface area contributed by atoms with E-state index in [0.717, 1.165) is 31.7 Å². The van der Waals surface area contributed by atoms with Crippen LogP contribution in [0.4, 0.5) is 13.2 Å². The Kier molecular flexibility index (Phi) is 4.95. The summed E-state index contributed by atoms with van der Waals surface area (Å²) in [7, 11) is 0. The molecule has 1 saturated heterocycles. The number of halogens is 3. The molecule has 0 bridgehead atoms. The quantitative estimate of drug-likeness (QED) is 0.646. The zero-order valence-electron chi connectivity index (χ0n) is 11.0. The molecule has 112 valence electrons. The molecule has 1 aliphatic heterocycles. The molecule has 2 heterocycles. The summed E-state index contributed by atoms with van der Waals surface area (Å²) in [6.45, 7) is 0.728. The molecular weight excluding hydrogens is 271 g/mol. The predicted octanol–water partition coefficient (Wildman–Crippen LogP) is 2.56. The number of nitrogens with zero attached hydrogens (tertiary/aromatic N) is 1. The molecule has 1 aromatic rings. The molecule has 0 amide bonds. The highest BCUT2D eigenvalue weighted by atomic mass is 19.4. The van der Waals surface area contributed by atoms with Crippen molar-refractivity contribution in [3.8, 4) is 0 Å². The van der Waals surface area contributed by atoms with E-state index in [1.54, 1.807) is 0 Å². The number of nitrogens with one attached hydrogen (secondary N) is 1. The molecule has 1 aliphatic rings. The second kappa shape index (κ2) is 6.51. The Morgan fingerprint density at radius 3 is 2.90 bits per heavy atom. The summed E-state index contributed by atoms with van der Waals surface area (Å²) < 4.78 is 44.4. The maximum atomic E-state index is 13.0.